The average molecular weight is 616 g/mol. The predicted octanol–water partition coefficient (Wildman–Crippen LogP) is 3.38. The third kappa shape index (κ3) is 9.13. The van der Waals surface area contributed by atoms with Gasteiger partial charge in [-0.25, -0.2) is 4.79 Å². The standard InChI is InChI=1S/C34H41N5O6/c1-34(2,35)33(43)38-27(22-45-21-23-12-6-4-7-13-23)30(40)37-26-17-10-16-25(20-26)36-29(24-14-8-5-9-15-24)31(41)39-19-11-18-28(39)32(42)44-3/h4-10,12-17,20,27-29,36H,11,18-19,21-22,35H2,1-3H3,(H,37,40)(H,38,43)/t27-,28+,29?/m1/s1. The van der Waals surface area contributed by atoms with Gasteiger partial charge in [0.25, 0.3) is 0 Å². The number of methoxy groups -OCH3 is 1. The van der Waals surface area contributed by atoms with Gasteiger partial charge >= 0.3 is 5.97 Å². The lowest BCUT2D eigenvalue weighted by atomic mass is 10.0. The van der Waals surface area contributed by atoms with E-state index in [9.17, 15) is 19.2 Å². The van der Waals surface area contributed by atoms with Gasteiger partial charge in [-0.05, 0) is 56.0 Å². The fraction of sp³-hybridized carbons (Fsp3) is 0.353. The van der Waals surface area contributed by atoms with Crippen molar-refractivity contribution in [3.8, 4) is 0 Å². The van der Waals surface area contributed by atoms with Crippen LogP contribution in [0.15, 0.2) is 84.9 Å². The van der Waals surface area contributed by atoms with Crippen LogP contribution in [-0.4, -0.2) is 66.5 Å². The van der Waals surface area contributed by atoms with Gasteiger partial charge in [0, 0.05) is 17.9 Å². The van der Waals surface area contributed by atoms with Gasteiger partial charge in [0.2, 0.25) is 17.7 Å². The van der Waals surface area contributed by atoms with Crippen molar-refractivity contribution in [3.63, 3.8) is 0 Å². The Bertz CT molecular complexity index is 1460. The molecule has 45 heavy (non-hydrogen) atoms. The Hall–Kier alpha value is -4.74. The maximum Gasteiger partial charge on any atom is 0.328 e. The van der Waals surface area contributed by atoms with Gasteiger partial charge in [-0.2, -0.15) is 0 Å². The van der Waals surface area contributed by atoms with Crippen LogP contribution in [0.1, 0.15) is 43.9 Å². The van der Waals surface area contributed by atoms with E-state index >= 15 is 0 Å². The van der Waals surface area contributed by atoms with E-state index in [2.05, 4.69) is 16.0 Å². The maximum atomic E-state index is 13.8. The topological polar surface area (TPSA) is 152 Å². The van der Waals surface area contributed by atoms with Gasteiger partial charge < -0.3 is 36.1 Å². The number of esters is 1. The summed E-state index contributed by atoms with van der Waals surface area (Å²) in [7, 11) is 1.32. The molecule has 1 heterocycles. The number of nitrogens with two attached hydrogens (primary N) is 1. The van der Waals surface area contributed by atoms with Crippen molar-refractivity contribution in [2.45, 2.75) is 57.0 Å². The number of anilines is 2. The quantitative estimate of drug-likeness (QED) is 0.214. The minimum absolute atomic E-state index is 0.0811. The Balaban J connectivity index is 1.50. The summed E-state index contributed by atoms with van der Waals surface area (Å²) in [5.74, 6) is -1.69. The van der Waals surface area contributed by atoms with Crippen LogP contribution >= 0.6 is 0 Å². The van der Waals surface area contributed by atoms with Crippen LogP contribution in [0.25, 0.3) is 0 Å². The van der Waals surface area contributed by atoms with E-state index in [1.165, 1.54) is 7.11 Å². The Kier molecular flexibility index (Phi) is 11.3. The zero-order chi connectivity index (χ0) is 32.4. The molecule has 11 heteroatoms. The predicted molar refractivity (Wildman–Crippen MR) is 171 cm³/mol. The SMILES string of the molecule is COC(=O)[C@@H]1CCCN1C(=O)C(Nc1cccc(NC(=O)[C@@H](COCc2ccccc2)NC(=O)C(C)(C)N)c1)c1ccccc1. The maximum absolute atomic E-state index is 13.8. The molecule has 1 unspecified atom stereocenters. The second-order valence-corrected chi connectivity index (χ2v) is 11.5. The Morgan fingerprint density at radius 2 is 1.62 bits per heavy atom. The molecular weight excluding hydrogens is 574 g/mol. The minimum Gasteiger partial charge on any atom is -0.467 e. The molecule has 1 fully saturated rings. The normalized spacial score (nSPS) is 15.9. The molecule has 238 valence electrons. The molecule has 0 bridgehead atoms. The summed E-state index contributed by atoms with van der Waals surface area (Å²) < 4.78 is 10.7. The number of carbonyl (C=O) groups is 4. The summed E-state index contributed by atoms with van der Waals surface area (Å²) in [4.78, 5) is 53.9. The lowest BCUT2D eigenvalue weighted by Crippen LogP contribution is -2.56. The fourth-order valence-corrected chi connectivity index (χ4v) is 4.99. The van der Waals surface area contributed by atoms with Crippen LogP contribution in [0.4, 0.5) is 11.4 Å². The number of rotatable bonds is 13. The molecule has 0 spiro atoms. The zero-order valence-corrected chi connectivity index (χ0v) is 25.8. The van der Waals surface area contributed by atoms with E-state index in [-0.39, 0.29) is 19.1 Å². The number of nitrogens with zero attached hydrogens (tertiary/aromatic N) is 1. The number of likely N-dealkylation sites (tertiary alicyclic amines) is 1. The molecule has 3 aromatic rings. The second-order valence-electron chi connectivity index (χ2n) is 11.5. The molecule has 1 aliphatic heterocycles. The molecule has 1 saturated heterocycles. The lowest BCUT2D eigenvalue weighted by Gasteiger charge is -2.29. The first-order chi connectivity index (χ1) is 21.6. The number of hydrogen-bond donors (Lipinski definition) is 4. The smallest absolute Gasteiger partial charge is 0.328 e. The summed E-state index contributed by atoms with van der Waals surface area (Å²) >= 11 is 0. The van der Waals surface area contributed by atoms with Crippen LogP contribution in [0, 0.1) is 0 Å². The average Bonchev–Trinajstić information content (AvgIpc) is 3.53. The first-order valence-electron chi connectivity index (χ1n) is 14.9. The van der Waals surface area contributed by atoms with E-state index in [0.717, 1.165) is 11.1 Å². The van der Waals surface area contributed by atoms with E-state index in [4.69, 9.17) is 15.2 Å². The highest BCUT2D eigenvalue weighted by atomic mass is 16.5. The Morgan fingerprint density at radius 3 is 2.29 bits per heavy atom. The monoisotopic (exact) mass is 615 g/mol. The van der Waals surface area contributed by atoms with Crippen LogP contribution in [0.5, 0.6) is 0 Å². The van der Waals surface area contributed by atoms with Crippen molar-refractivity contribution in [1.29, 1.82) is 0 Å². The van der Waals surface area contributed by atoms with Crippen molar-refractivity contribution in [2.24, 2.45) is 5.73 Å². The molecule has 0 aromatic heterocycles. The van der Waals surface area contributed by atoms with Gasteiger partial charge in [-0.15, -0.1) is 0 Å². The van der Waals surface area contributed by atoms with Gasteiger partial charge in [-0.1, -0.05) is 66.7 Å². The molecule has 5 N–H and O–H groups in total. The Morgan fingerprint density at radius 1 is 0.956 bits per heavy atom. The third-order valence-corrected chi connectivity index (χ3v) is 7.43. The van der Waals surface area contributed by atoms with Gasteiger partial charge in [0.05, 0.1) is 25.9 Å². The summed E-state index contributed by atoms with van der Waals surface area (Å²) in [5.41, 5.74) is 7.41. The van der Waals surface area contributed by atoms with E-state index in [0.29, 0.717) is 30.8 Å². The molecule has 3 aromatic carbocycles. The molecule has 1 aliphatic rings. The molecular formula is C34H41N5O6. The first-order valence-corrected chi connectivity index (χ1v) is 14.9. The zero-order valence-electron chi connectivity index (χ0n) is 25.8. The summed E-state index contributed by atoms with van der Waals surface area (Å²) in [6.07, 6.45) is 1.23. The van der Waals surface area contributed by atoms with Crippen molar-refractivity contribution in [2.75, 3.05) is 30.9 Å². The van der Waals surface area contributed by atoms with Gasteiger partial charge in [0.15, 0.2) is 0 Å². The molecule has 3 atom stereocenters. The number of carbonyl (C=O) groups excluding carboxylic acids is 4. The molecule has 4 rings (SSSR count). The number of benzene rings is 3. The van der Waals surface area contributed by atoms with Crippen molar-refractivity contribution >= 4 is 35.1 Å². The lowest BCUT2D eigenvalue weighted by molar-refractivity contribution is -0.151. The van der Waals surface area contributed by atoms with E-state index in [1.807, 2.05) is 60.7 Å². The van der Waals surface area contributed by atoms with Crippen molar-refractivity contribution in [3.05, 3.63) is 96.1 Å². The largest absolute Gasteiger partial charge is 0.467 e. The molecule has 0 radical (unpaired) electrons. The van der Waals surface area contributed by atoms with E-state index in [1.54, 1.807) is 43.0 Å². The number of amides is 3. The highest BCUT2D eigenvalue weighted by molar-refractivity contribution is 5.99. The molecule has 0 saturated carbocycles. The first kappa shape index (κ1) is 33.2. The van der Waals surface area contributed by atoms with Crippen LogP contribution in [0.3, 0.4) is 0 Å². The highest BCUT2D eigenvalue weighted by Gasteiger charge is 2.38. The van der Waals surface area contributed by atoms with Crippen LogP contribution < -0.4 is 21.7 Å². The van der Waals surface area contributed by atoms with Crippen molar-refractivity contribution < 1.29 is 28.7 Å². The molecule has 11 nitrogen and oxygen atoms in total. The number of nitrogens with one attached hydrogen (secondary N) is 3. The van der Waals surface area contributed by atoms with Crippen LogP contribution in [0.2, 0.25) is 0 Å². The van der Waals surface area contributed by atoms with Gasteiger partial charge in [0.1, 0.15) is 18.1 Å². The highest BCUT2D eigenvalue weighted by Crippen LogP contribution is 2.28. The minimum atomic E-state index is -1.21. The molecule has 0 aliphatic carbocycles. The summed E-state index contributed by atoms with van der Waals surface area (Å²) in [6.45, 7) is 3.73. The number of ether oxygens (including phenoxy) is 2. The van der Waals surface area contributed by atoms with Gasteiger partial charge in [-0.3, -0.25) is 14.4 Å². The number of hydrogen-bond acceptors (Lipinski definition) is 8. The fourth-order valence-electron chi connectivity index (χ4n) is 4.99. The second kappa shape index (κ2) is 15.3. The summed E-state index contributed by atoms with van der Waals surface area (Å²) in [5, 5.41) is 8.83. The summed E-state index contributed by atoms with van der Waals surface area (Å²) in [6, 6.07) is 23.2. The van der Waals surface area contributed by atoms with Crippen molar-refractivity contribution in [1.82, 2.24) is 10.2 Å². The van der Waals surface area contributed by atoms with E-state index < -0.39 is 41.4 Å². The Labute approximate surface area is 263 Å². The third-order valence-electron chi connectivity index (χ3n) is 7.43. The van der Waals surface area contributed by atoms with Crippen LogP contribution in [-0.2, 0) is 35.3 Å². The molecule has 3 amide bonds.